The number of carbonyl (C=O) groups excluding carboxylic acids is 3. The summed E-state index contributed by atoms with van der Waals surface area (Å²) in [6, 6.07) is 9.23. The fraction of sp³-hybridized carbons (Fsp3) is 0.577. The number of fused-ring (bicyclic) bond motifs is 4. The van der Waals surface area contributed by atoms with Crippen LogP contribution in [0.3, 0.4) is 0 Å². The number of hydrogen-bond donors (Lipinski definition) is 0. The van der Waals surface area contributed by atoms with Crippen LogP contribution in [0.15, 0.2) is 42.0 Å². The Morgan fingerprint density at radius 2 is 1.88 bits per heavy atom. The Labute approximate surface area is 194 Å². The second-order valence-electron chi connectivity index (χ2n) is 9.50. The van der Waals surface area contributed by atoms with Gasteiger partial charge in [-0.2, -0.15) is 0 Å². The van der Waals surface area contributed by atoms with Crippen molar-refractivity contribution in [2.45, 2.75) is 57.7 Å². The number of ether oxygens (including phenoxy) is 2. The Balaban J connectivity index is 1.45. The van der Waals surface area contributed by atoms with Gasteiger partial charge in [0.05, 0.1) is 24.5 Å². The number of esters is 1. The Hall–Kier alpha value is -2.83. The van der Waals surface area contributed by atoms with Crippen LogP contribution < -0.4 is 0 Å². The third kappa shape index (κ3) is 3.91. The fourth-order valence-corrected chi connectivity index (χ4v) is 6.35. The van der Waals surface area contributed by atoms with Crippen molar-refractivity contribution in [3.05, 3.63) is 47.5 Å². The van der Waals surface area contributed by atoms with Gasteiger partial charge in [-0.25, -0.2) is 4.79 Å². The molecule has 3 saturated heterocycles. The van der Waals surface area contributed by atoms with Gasteiger partial charge < -0.3 is 19.3 Å². The van der Waals surface area contributed by atoms with Crippen molar-refractivity contribution in [3.63, 3.8) is 0 Å². The van der Waals surface area contributed by atoms with Crippen molar-refractivity contribution in [3.8, 4) is 0 Å². The molecule has 5 rings (SSSR count). The van der Waals surface area contributed by atoms with Crippen molar-refractivity contribution in [1.29, 1.82) is 0 Å². The maximum atomic E-state index is 13.5. The van der Waals surface area contributed by atoms with Gasteiger partial charge in [0.1, 0.15) is 6.61 Å². The van der Waals surface area contributed by atoms with Gasteiger partial charge in [0.15, 0.2) is 0 Å². The molecule has 5 atom stereocenters. The molecule has 2 amide bonds. The molecule has 1 unspecified atom stereocenters. The summed E-state index contributed by atoms with van der Waals surface area (Å²) in [7, 11) is 0. The summed E-state index contributed by atoms with van der Waals surface area (Å²) >= 11 is 0. The summed E-state index contributed by atoms with van der Waals surface area (Å²) in [6.07, 6.45) is 6.50. The smallest absolute Gasteiger partial charge is 0.410 e. The first-order chi connectivity index (χ1) is 16.1. The predicted octanol–water partition coefficient (Wildman–Crippen LogP) is 3.53. The van der Waals surface area contributed by atoms with Gasteiger partial charge in [-0.3, -0.25) is 9.59 Å². The van der Waals surface area contributed by atoms with E-state index in [4.69, 9.17) is 9.47 Å². The lowest BCUT2D eigenvalue weighted by Crippen LogP contribution is -2.56. The van der Waals surface area contributed by atoms with E-state index in [1.807, 2.05) is 35.2 Å². The lowest BCUT2D eigenvalue weighted by Gasteiger charge is -2.45. The minimum absolute atomic E-state index is 0.0127. The average Bonchev–Trinajstić information content (AvgIpc) is 3.13. The number of amides is 2. The van der Waals surface area contributed by atoms with Crippen LogP contribution in [0.25, 0.3) is 0 Å². The summed E-state index contributed by atoms with van der Waals surface area (Å²) in [5, 5.41) is 0. The lowest BCUT2D eigenvalue weighted by molar-refractivity contribution is -0.156. The molecular weight excluding hydrogens is 420 g/mol. The summed E-state index contributed by atoms with van der Waals surface area (Å²) < 4.78 is 11.1. The first kappa shape index (κ1) is 22.0. The minimum Gasteiger partial charge on any atom is -0.466 e. The molecule has 0 radical (unpaired) electrons. The van der Waals surface area contributed by atoms with E-state index in [9.17, 15) is 14.4 Å². The molecular formula is C26H32N2O5. The Kier molecular flexibility index (Phi) is 6.13. The summed E-state index contributed by atoms with van der Waals surface area (Å²) in [4.78, 5) is 43.7. The first-order valence-electron chi connectivity index (χ1n) is 12.2. The van der Waals surface area contributed by atoms with Crippen LogP contribution in [-0.2, 0) is 25.7 Å². The number of piperidine rings is 2. The quantitative estimate of drug-likeness (QED) is 0.516. The van der Waals surface area contributed by atoms with Crippen molar-refractivity contribution >= 4 is 18.0 Å². The zero-order chi connectivity index (χ0) is 22.9. The molecule has 0 aromatic heterocycles. The van der Waals surface area contributed by atoms with Gasteiger partial charge >= 0.3 is 12.1 Å². The van der Waals surface area contributed by atoms with Crippen LogP contribution >= 0.6 is 0 Å². The number of carbonyl (C=O) groups is 3. The van der Waals surface area contributed by atoms with Crippen LogP contribution in [0.2, 0.25) is 0 Å². The van der Waals surface area contributed by atoms with Gasteiger partial charge in [-0.15, -0.1) is 0 Å². The molecule has 1 aromatic carbocycles. The van der Waals surface area contributed by atoms with Crippen LogP contribution in [-0.4, -0.2) is 59.5 Å². The Morgan fingerprint density at radius 3 is 2.67 bits per heavy atom. The van der Waals surface area contributed by atoms with E-state index in [1.165, 1.54) is 0 Å². The van der Waals surface area contributed by atoms with Gasteiger partial charge in [0, 0.05) is 25.0 Å². The molecule has 176 valence electrons. The lowest BCUT2D eigenvalue weighted by atomic mass is 9.67. The number of rotatable bonds is 4. The van der Waals surface area contributed by atoms with Gasteiger partial charge in [-0.05, 0) is 44.6 Å². The molecule has 0 N–H and O–H groups in total. The topological polar surface area (TPSA) is 76.2 Å². The maximum absolute atomic E-state index is 13.5. The average molecular weight is 453 g/mol. The standard InChI is InChI=1S/C26H32N2O5/c1-2-32-25(30)22-21-19(20-12-6-7-13-27(20)24(21)29)15-18-11-8-14-28(23(18)22)26(31)33-16-17-9-4-3-5-10-17/h3-5,9-10,15,19-23H,2,6-8,11-14,16H2,1H3/t19-,20-,21-,22+,23?/m1/s1. The molecule has 1 aromatic rings. The molecule has 7 nitrogen and oxygen atoms in total. The number of benzene rings is 1. The van der Waals surface area contributed by atoms with Crippen molar-refractivity contribution in [1.82, 2.24) is 9.80 Å². The van der Waals surface area contributed by atoms with Crippen molar-refractivity contribution in [2.24, 2.45) is 17.8 Å². The molecule has 0 saturated carbocycles. The molecule has 0 spiro atoms. The normalized spacial score (nSPS) is 30.6. The van der Waals surface area contributed by atoms with E-state index in [2.05, 4.69) is 6.08 Å². The monoisotopic (exact) mass is 452 g/mol. The van der Waals surface area contributed by atoms with E-state index in [0.717, 1.165) is 49.8 Å². The molecule has 4 aliphatic rings. The second-order valence-corrected chi connectivity index (χ2v) is 9.50. The molecule has 3 aliphatic heterocycles. The van der Waals surface area contributed by atoms with Crippen LogP contribution in [0, 0.1) is 17.8 Å². The maximum Gasteiger partial charge on any atom is 0.410 e. The fourth-order valence-electron chi connectivity index (χ4n) is 6.35. The third-order valence-electron chi connectivity index (χ3n) is 7.69. The van der Waals surface area contributed by atoms with Crippen molar-refractivity contribution in [2.75, 3.05) is 19.7 Å². The molecule has 3 heterocycles. The highest BCUT2D eigenvalue weighted by Crippen LogP contribution is 2.49. The van der Waals surface area contributed by atoms with E-state index >= 15 is 0 Å². The second kappa shape index (κ2) is 9.20. The van der Waals surface area contributed by atoms with Gasteiger partial charge in [-0.1, -0.05) is 42.0 Å². The van der Waals surface area contributed by atoms with Crippen LogP contribution in [0.1, 0.15) is 44.6 Å². The molecule has 3 fully saturated rings. The largest absolute Gasteiger partial charge is 0.466 e. The molecule has 7 heteroatoms. The summed E-state index contributed by atoms with van der Waals surface area (Å²) in [5.74, 6) is -1.47. The third-order valence-corrected chi connectivity index (χ3v) is 7.69. The highest BCUT2D eigenvalue weighted by Gasteiger charge is 2.59. The first-order valence-corrected chi connectivity index (χ1v) is 12.2. The Morgan fingerprint density at radius 1 is 1.06 bits per heavy atom. The highest BCUT2D eigenvalue weighted by atomic mass is 16.6. The minimum atomic E-state index is -0.683. The number of nitrogens with zero attached hydrogens (tertiary/aromatic N) is 2. The Bertz CT molecular complexity index is 945. The zero-order valence-corrected chi connectivity index (χ0v) is 19.2. The van der Waals surface area contributed by atoms with Crippen molar-refractivity contribution < 1.29 is 23.9 Å². The van der Waals surface area contributed by atoms with E-state index in [1.54, 1.807) is 11.8 Å². The van der Waals surface area contributed by atoms with E-state index in [-0.39, 0.29) is 37.0 Å². The van der Waals surface area contributed by atoms with Crippen LogP contribution in [0.5, 0.6) is 0 Å². The zero-order valence-electron chi connectivity index (χ0n) is 19.2. The number of likely N-dealkylation sites (tertiary alicyclic amines) is 1. The van der Waals surface area contributed by atoms with Gasteiger partial charge in [0.25, 0.3) is 0 Å². The predicted molar refractivity (Wildman–Crippen MR) is 121 cm³/mol. The molecule has 0 bridgehead atoms. The van der Waals surface area contributed by atoms with Crippen LogP contribution in [0.4, 0.5) is 4.79 Å². The number of hydrogen-bond acceptors (Lipinski definition) is 5. The highest BCUT2D eigenvalue weighted by molar-refractivity contribution is 5.90. The summed E-state index contributed by atoms with van der Waals surface area (Å²) in [6.45, 7) is 3.46. The van der Waals surface area contributed by atoms with Gasteiger partial charge in [0.2, 0.25) is 5.91 Å². The van der Waals surface area contributed by atoms with E-state index in [0.29, 0.717) is 6.54 Å². The SMILES string of the molecule is CCOC(=O)[C@@H]1C2C(=C[C@H]3[C@H]1C(=O)N1CCCC[C@H]31)CCCN2C(=O)OCc1ccccc1. The molecule has 1 aliphatic carbocycles. The van der Waals surface area contributed by atoms with E-state index < -0.39 is 24.0 Å². The summed E-state index contributed by atoms with van der Waals surface area (Å²) in [5.41, 5.74) is 1.99. The molecule has 33 heavy (non-hydrogen) atoms.